The van der Waals surface area contributed by atoms with Crippen LogP contribution in [0.15, 0.2) is 12.1 Å². The topological polar surface area (TPSA) is 29.5 Å². The Morgan fingerprint density at radius 2 is 1.54 bits per heavy atom. The van der Waals surface area contributed by atoms with Crippen LogP contribution in [-0.4, -0.2) is 17.8 Å². The lowest BCUT2D eigenvalue weighted by atomic mass is 9.69. The second kappa shape index (κ2) is 9.16. The van der Waals surface area contributed by atoms with Gasteiger partial charge in [0, 0.05) is 0 Å². The first-order valence-electron chi connectivity index (χ1n) is 10.4. The molecule has 3 rings (SSSR count). The van der Waals surface area contributed by atoms with Crippen molar-refractivity contribution in [2.45, 2.75) is 83.2 Å². The molecule has 0 saturated heterocycles. The van der Waals surface area contributed by atoms with Crippen molar-refractivity contribution in [1.82, 2.24) is 0 Å². The third-order valence-corrected chi connectivity index (χ3v) is 6.45. The van der Waals surface area contributed by atoms with Crippen LogP contribution in [0.2, 0.25) is 0 Å². The molecule has 2 nitrogen and oxygen atoms in total. The number of unbranched alkanes of at least 4 members (excludes halogenated alkanes) is 1. The third kappa shape index (κ3) is 4.57. The molecule has 0 heterocycles. The molecule has 0 atom stereocenters. The molecule has 2 aliphatic rings. The predicted octanol–water partition coefficient (Wildman–Crippen LogP) is 5.97. The van der Waals surface area contributed by atoms with Crippen molar-refractivity contribution in [3.63, 3.8) is 0 Å². The van der Waals surface area contributed by atoms with E-state index in [1.54, 1.807) is 12.1 Å². The molecule has 26 heavy (non-hydrogen) atoms. The molecule has 1 aromatic carbocycles. The number of aliphatic hydroxyl groups excluding tert-OH is 1. The molecule has 1 aromatic rings. The Hall–Kier alpha value is -1.16. The number of aliphatic hydroxyl groups is 1. The van der Waals surface area contributed by atoms with E-state index >= 15 is 0 Å². The molecule has 0 bridgehead atoms. The van der Waals surface area contributed by atoms with Crippen molar-refractivity contribution in [2.75, 3.05) is 6.61 Å². The minimum absolute atomic E-state index is 0.0362. The van der Waals surface area contributed by atoms with Crippen LogP contribution < -0.4 is 4.74 Å². The highest BCUT2D eigenvalue weighted by Crippen LogP contribution is 2.44. The lowest BCUT2D eigenvalue weighted by molar-refractivity contribution is 0.0803. The van der Waals surface area contributed by atoms with E-state index in [0.29, 0.717) is 24.0 Å². The zero-order valence-corrected chi connectivity index (χ0v) is 15.9. The Morgan fingerprint density at radius 3 is 2.15 bits per heavy atom. The van der Waals surface area contributed by atoms with Gasteiger partial charge in [0.15, 0.2) is 11.6 Å². The summed E-state index contributed by atoms with van der Waals surface area (Å²) in [5.41, 5.74) is 0.517. The Morgan fingerprint density at radius 1 is 0.923 bits per heavy atom. The highest BCUT2D eigenvalue weighted by molar-refractivity contribution is 5.33. The number of rotatable bonds is 6. The second-order valence-electron chi connectivity index (χ2n) is 8.16. The Labute approximate surface area is 155 Å². The van der Waals surface area contributed by atoms with E-state index in [1.165, 1.54) is 0 Å². The Balaban J connectivity index is 1.58. The SMILES string of the molecule is CCCCOc1ccc(C2CCC(C3CCC(O)CC3)CC2)c(F)c1F. The summed E-state index contributed by atoms with van der Waals surface area (Å²) in [5, 5.41) is 9.68. The van der Waals surface area contributed by atoms with Gasteiger partial charge < -0.3 is 9.84 Å². The summed E-state index contributed by atoms with van der Waals surface area (Å²) < 4.78 is 34.3. The molecule has 2 saturated carbocycles. The van der Waals surface area contributed by atoms with E-state index in [4.69, 9.17) is 4.74 Å². The number of hydrogen-bond donors (Lipinski definition) is 1. The van der Waals surface area contributed by atoms with E-state index in [1.807, 2.05) is 6.92 Å². The smallest absolute Gasteiger partial charge is 0.200 e. The van der Waals surface area contributed by atoms with Crippen molar-refractivity contribution < 1.29 is 18.6 Å². The molecule has 0 amide bonds. The van der Waals surface area contributed by atoms with Crippen LogP contribution in [0.5, 0.6) is 5.75 Å². The molecule has 0 unspecified atom stereocenters. The Bertz CT molecular complexity index is 574. The van der Waals surface area contributed by atoms with Gasteiger partial charge in [0.2, 0.25) is 5.82 Å². The van der Waals surface area contributed by atoms with Crippen LogP contribution in [0.25, 0.3) is 0 Å². The molecule has 0 aliphatic heterocycles. The number of ether oxygens (including phenoxy) is 1. The average Bonchev–Trinajstić information content (AvgIpc) is 2.66. The third-order valence-electron chi connectivity index (χ3n) is 6.45. The molecule has 2 fully saturated rings. The van der Waals surface area contributed by atoms with Gasteiger partial charge in [-0.3, -0.25) is 0 Å². The highest BCUT2D eigenvalue weighted by Gasteiger charge is 2.32. The summed E-state index contributed by atoms with van der Waals surface area (Å²) in [6.07, 6.45) is 9.78. The molecular weight excluding hydrogens is 334 g/mol. The van der Waals surface area contributed by atoms with Crippen molar-refractivity contribution >= 4 is 0 Å². The Kier molecular flexibility index (Phi) is 6.91. The normalized spacial score (nSPS) is 29.5. The van der Waals surface area contributed by atoms with Gasteiger partial charge in [0.05, 0.1) is 12.7 Å². The maximum absolute atomic E-state index is 14.6. The van der Waals surface area contributed by atoms with E-state index in [9.17, 15) is 13.9 Å². The minimum atomic E-state index is -0.831. The van der Waals surface area contributed by atoms with Gasteiger partial charge in [-0.1, -0.05) is 19.4 Å². The van der Waals surface area contributed by atoms with Crippen LogP contribution >= 0.6 is 0 Å². The fourth-order valence-corrected chi connectivity index (χ4v) is 4.77. The maximum atomic E-state index is 14.6. The molecule has 0 spiro atoms. The van der Waals surface area contributed by atoms with Crippen molar-refractivity contribution in [2.24, 2.45) is 11.8 Å². The van der Waals surface area contributed by atoms with Gasteiger partial charge in [0.25, 0.3) is 0 Å². The van der Waals surface area contributed by atoms with E-state index in [-0.39, 0.29) is 17.8 Å². The molecule has 146 valence electrons. The van der Waals surface area contributed by atoms with Crippen LogP contribution in [0.3, 0.4) is 0 Å². The molecule has 0 radical (unpaired) electrons. The quantitative estimate of drug-likeness (QED) is 0.629. The van der Waals surface area contributed by atoms with Crippen LogP contribution in [0, 0.1) is 23.5 Å². The zero-order valence-electron chi connectivity index (χ0n) is 15.9. The van der Waals surface area contributed by atoms with Crippen LogP contribution in [0.1, 0.15) is 82.6 Å². The van der Waals surface area contributed by atoms with Crippen molar-refractivity contribution in [3.8, 4) is 5.75 Å². The van der Waals surface area contributed by atoms with E-state index < -0.39 is 11.6 Å². The number of hydrogen-bond acceptors (Lipinski definition) is 2. The van der Waals surface area contributed by atoms with Gasteiger partial charge >= 0.3 is 0 Å². The minimum Gasteiger partial charge on any atom is -0.490 e. The fourth-order valence-electron chi connectivity index (χ4n) is 4.77. The molecule has 1 N–H and O–H groups in total. The fraction of sp³-hybridized carbons (Fsp3) is 0.727. The summed E-state index contributed by atoms with van der Waals surface area (Å²) in [6, 6.07) is 3.32. The second-order valence-corrected chi connectivity index (χ2v) is 8.16. The number of halogens is 2. The lowest BCUT2D eigenvalue weighted by Gasteiger charge is -2.37. The first-order valence-corrected chi connectivity index (χ1v) is 10.4. The summed E-state index contributed by atoms with van der Waals surface area (Å²) in [7, 11) is 0. The number of benzene rings is 1. The molecular formula is C22H32F2O2. The standard InChI is InChI=1S/C22H32F2O2/c1-2-3-14-26-20-13-12-19(21(23)22(20)24)17-6-4-15(5-7-17)16-8-10-18(25)11-9-16/h12-13,15-18,25H,2-11,14H2,1H3. The average molecular weight is 366 g/mol. The first kappa shape index (κ1) is 19.6. The molecule has 0 aromatic heterocycles. The molecule has 2 aliphatic carbocycles. The molecule has 4 heteroatoms. The summed E-state index contributed by atoms with van der Waals surface area (Å²) in [6.45, 7) is 2.46. The van der Waals surface area contributed by atoms with Crippen molar-refractivity contribution in [1.29, 1.82) is 0 Å². The van der Waals surface area contributed by atoms with Gasteiger partial charge in [-0.25, -0.2) is 4.39 Å². The largest absolute Gasteiger partial charge is 0.490 e. The first-order chi connectivity index (χ1) is 12.6. The van der Waals surface area contributed by atoms with E-state index in [0.717, 1.165) is 64.2 Å². The van der Waals surface area contributed by atoms with Gasteiger partial charge in [-0.15, -0.1) is 0 Å². The van der Waals surface area contributed by atoms with E-state index in [2.05, 4.69) is 0 Å². The van der Waals surface area contributed by atoms with Crippen LogP contribution in [0.4, 0.5) is 8.78 Å². The lowest BCUT2D eigenvalue weighted by Crippen LogP contribution is -2.27. The summed E-state index contributed by atoms with van der Waals surface area (Å²) in [5.74, 6) is -0.0161. The van der Waals surface area contributed by atoms with Gasteiger partial charge in [-0.2, -0.15) is 4.39 Å². The predicted molar refractivity (Wildman–Crippen MR) is 99.4 cm³/mol. The summed E-state index contributed by atoms with van der Waals surface area (Å²) in [4.78, 5) is 0. The van der Waals surface area contributed by atoms with Gasteiger partial charge in [-0.05, 0) is 87.2 Å². The van der Waals surface area contributed by atoms with Crippen LogP contribution in [-0.2, 0) is 0 Å². The van der Waals surface area contributed by atoms with Crippen molar-refractivity contribution in [3.05, 3.63) is 29.3 Å². The monoisotopic (exact) mass is 366 g/mol. The van der Waals surface area contributed by atoms with Gasteiger partial charge in [0.1, 0.15) is 0 Å². The summed E-state index contributed by atoms with van der Waals surface area (Å²) >= 11 is 0. The highest BCUT2D eigenvalue weighted by atomic mass is 19.2. The zero-order chi connectivity index (χ0) is 18.5. The maximum Gasteiger partial charge on any atom is 0.200 e.